The lowest BCUT2D eigenvalue weighted by Crippen LogP contribution is -2.58. The fourth-order valence-corrected chi connectivity index (χ4v) is 3.82. The molecule has 0 aromatic heterocycles. The van der Waals surface area contributed by atoms with E-state index < -0.39 is 5.54 Å². The number of amides is 1. The van der Waals surface area contributed by atoms with Crippen LogP contribution in [0.4, 0.5) is 11.4 Å². The smallest absolute Gasteiger partial charge is 0.250 e. The summed E-state index contributed by atoms with van der Waals surface area (Å²) >= 11 is 0. The number of nitrogens with zero attached hydrogens (tertiary/aromatic N) is 1. The normalized spacial score (nSPS) is 27.3. The molecule has 1 aromatic rings. The summed E-state index contributed by atoms with van der Waals surface area (Å²) in [5.74, 6) is 0.790. The molecule has 4 rings (SSSR count). The van der Waals surface area contributed by atoms with Crippen LogP contribution in [0.1, 0.15) is 19.3 Å². The van der Waals surface area contributed by atoms with Gasteiger partial charge in [0.05, 0.1) is 18.0 Å². The molecular formula is C17H23N3O2. The Morgan fingerprint density at radius 3 is 2.73 bits per heavy atom. The van der Waals surface area contributed by atoms with E-state index in [-0.39, 0.29) is 5.91 Å². The minimum Gasteiger partial charge on any atom is -0.381 e. The number of fused-ring (bicyclic) bond motifs is 1. The van der Waals surface area contributed by atoms with Crippen molar-refractivity contribution in [2.45, 2.75) is 24.8 Å². The highest BCUT2D eigenvalue weighted by molar-refractivity contribution is 6.06. The van der Waals surface area contributed by atoms with Gasteiger partial charge >= 0.3 is 0 Å². The second kappa shape index (κ2) is 5.56. The molecule has 0 saturated carbocycles. The van der Waals surface area contributed by atoms with Gasteiger partial charge in [-0.25, -0.2) is 0 Å². The number of likely N-dealkylation sites (tertiary alicyclic amines) is 1. The van der Waals surface area contributed by atoms with Crippen LogP contribution in [-0.4, -0.2) is 49.2 Å². The Labute approximate surface area is 131 Å². The predicted octanol–water partition coefficient (Wildman–Crippen LogP) is 1.92. The number of carbonyl (C=O) groups is 1. The molecule has 1 aromatic carbocycles. The molecule has 0 aliphatic carbocycles. The average molecular weight is 301 g/mol. The first-order valence-corrected chi connectivity index (χ1v) is 8.24. The van der Waals surface area contributed by atoms with E-state index in [0.29, 0.717) is 5.92 Å². The van der Waals surface area contributed by atoms with E-state index in [1.54, 1.807) is 0 Å². The van der Waals surface area contributed by atoms with Crippen LogP contribution >= 0.6 is 0 Å². The molecule has 3 aliphatic heterocycles. The van der Waals surface area contributed by atoms with Crippen molar-refractivity contribution in [1.82, 2.24) is 4.90 Å². The molecule has 1 spiro atoms. The van der Waals surface area contributed by atoms with Gasteiger partial charge in [0, 0.05) is 26.2 Å². The van der Waals surface area contributed by atoms with Crippen molar-refractivity contribution in [2.24, 2.45) is 5.92 Å². The van der Waals surface area contributed by atoms with Crippen molar-refractivity contribution in [1.29, 1.82) is 0 Å². The number of carbonyl (C=O) groups excluding carboxylic acids is 1. The van der Waals surface area contributed by atoms with Crippen molar-refractivity contribution < 1.29 is 9.53 Å². The Kier molecular flexibility index (Phi) is 3.54. The molecule has 2 fully saturated rings. The van der Waals surface area contributed by atoms with E-state index in [0.717, 1.165) is 57.1 Å². The Balaban J connectivity index is 1.42. The number of anilines is 2. The van der Waals surface area contributed by atoms with Crippen LogP contribution in [0.2, 0.25) is 0 Å². The van der Waals surface area contributed by atoms with Crippen molar-refractivity contribution >= 4 is 17.3 Å². The highest BCUT2D eigenvalue weighted by atomic mass is 16.5. The molecular weight excluding hydrogens is 278 g/mol. The number of piperidine rings is 1. The quantitative estimate of drug-likeness (QED) is 0.876. The first-order chi connectivity index (χ1) is 10.8. The monoisotopic (exact) mass is 301 g/mol. The van der Waals surface area contributed by atoms with Gasteiger partial charge in [-0.15, -0.1) is 0 Å². The summed E-state index contributed by atoms with van der Waals surface area (Å²) in [4.78, 5) is 15.1. The number of para-hydroxylation sites is 2. The van der Waals surface area contributed by atoms with E-state index in [1.807, 2.05) is 24.3 Å². The van der Waals surface area contributed by atoms with E-state index in [9.17, 15) is 4.79 Å². The molecule has 0 unspecified atom stereocenters. The summed E-state index contributed by atoms with van der Waals surface area (Å²) in [7, 11) is 0. The molecule has 1 amide bonds. The molecule has 5 heteroatoms. The maximum atomic E-state index is 12.6. The lowest BCUT2D eigenvalue weighted by atomic mass is 9.84. The van der Waals surface area contributed by atoms with Crippen LogP contribution in [-0.2, 0) is 9.53 Å². The molecule has 1 atom stereocenters. The van der Waals surface area contributed by atoms with Gasteiger partial charge in [-0.2, -0.15) is 0 Å². The van der Waals surface area contributed by atoms with Crippen LogP contribution in [0.25, 0.3) is 0 Å². The predicted molar refractivity (Wildman–Crippen MR) is 86.0 cm³/mol. The van der Waals surface area contributed by atoms with E-state index in [4.69, 9.17) is 4.74 Å². The van der Waals surface area contributed by atoms with Gasteiger partial charge in [-0.1, -0.05) is 12.1 Å². The molecule has 0 radical (unpaired) electrons. The second-order valence-electron chi connectivity index (χ2n) is 6.74. The summed E-state index contributed by atoms with van der Waals surface area (Å²) in [5.41, 5.74) is 1.50. The van der Waals surface area contributed by atoms with Crippen molar-refractivity contribution in [3.63, 3.8) is 0 Å². The first kappa shape index (κ1) is 14.0. The zero-order chi connectivity index (χ0) is 15.0. The molecule has 2 N–H and O–H groups in total. The van der Waals surface area contributed by atoms with Crippen molar-refractivity contribution in [3.05, 3.63) is 24.3 Å². The number of nitrogens with one attached hydrogen (secondary N) is 2. The van der Waals surface area contributed by atoms with Crippen LogP contribution in [0.5, 0.6) is 0 Å². The number of hydrogen-bond donors (Lipinski definition) is 2. The minimum atomic E-state index is -0.434. The van der Waals surface area contributed by atoms with Gasteiger partial charge in [0.15, 0.2) is 0 Å². The zero-order valence-corrected chi connectivity index (χ0v) is 12.8. The van der Waals surface area contributed by atoms with Gasteiger partial charge in [0.2, 0.25) is 5.91 Å². The van der Waals surface area contributed by atoms with Gasteiger partial charge < -0.3 is 20.3 Å². The summed E-state index contributed by atoms with van der Waals surface area (Å²) in [6.45, 7) is 4.85. The van der Waals surface area contributed by atoms with Crippen LogP contribution < -0.4 is 10.6 Å². The van der Waals surface area contributed by atoms with Gasteiger partial charge in [-0.3, -0.25) is 4.79 Å². The van der Waals surface area contributed by atoms with E-state index in [2.05, 4.69) is 15.5 Å². The van der Waals surface area contributed by atoms with Crippen molar-refractivity contribution in [3.8, 4) is 0 Å². The Morgan fingerprint density at radius 2 is 2.00 bits per heavy atom. The number of ether oxygens (including phenoxy) is 1. The standard InChI is InChI=1S/C17H23N3O2/c21-16-17(19-15-4-2-1-3-14(15)18-16)6-8-20(9-7-17)11-13-5-10-22-12-13/h1-4,13,19H,5-12H2,(H,18,21)/t13-/m1/s1. The SMILES string of the molecule is O=C1Nc2ccccc2NC12CCN(C[C@H]1CCOC1)CC2. The summed E-state index contributed by atoms with van der Waals surface area (Å²) in [5, 5.41) is 6.58. The van der Waals surface area contributed by atoms with Gasteiger partial charge in [-0.05, 0) is 37.3 Å². The van der Waals surface area contributed by atoms with Gasteiger partial charge in [0.1, 0.15) is 5.54 Å². The third-order valence-corrected chi connectivity index (χ3v) is 5.23. The second-order valence-corrected chi connectivity index (χ2v) is 6.74. The Bertz CT molecular complexity index is 561. The topological polar surface area (TPSA) is 53.6 Å². The summed E-state index contributed by atoms with van der Waals surface area (Å²) in [6.07, 6.45) is 2.90. The Morgan fingerprint density at radius 1 is 1.23 bits per heavy atom. The maximum absolute atomic E-state index is 12.6. The third kappa shape index (κ3) is 2.48. The summed E-state index contributed by atoms with van der Waals surface area (Å²) in [6, 6.07) is 7.94. The lowest BCUT2D eigenvalue weighted by Gasteiger charge is -2.44. The van der Waals surface area contributed by atoms with Gasteiger partial charge in [0.25, 0.3) is 0 Å². The third-order valence-electron chi connectivity index (χ3n) is 5.23. The summed E-state index contributed by atoms with van der Waals surface area (Å²) < 4.78 is 5.46. The van der Waals surface area contributed by atoms with E-state index in [1.165, 1.54) is 6.42 Å². The fourth-order valence-electron chi connectivity index (χ4n) is 3.82. The minimum absolute atomic E-state index is 0.120. The van der Waals surface area contributed by atoms with Crippen molar-refractivity contribution in [2.75, 3.05) is 43.5 Å². The lowest BCUT2D eigenvalue weighted by molar-refractivity contribution is -0.122. The number of rotatable bonds is 2. The largest absolute Gasteiger partial charge is 0.381 e. The zero-order valence-electron chi connectivity index (χ0n) is 12.8. The molecule has 118 valence electrons. The molecule has 0 bridgehead atoms. The molecule has 2 saturated heterocycles. The fraction of sp³-hybridized carbons (Fsp3) is 0.588. The van der Waals surface area contributed by atoms with Crippen LogP contribution in [0, 0.1) is 5.92 Å². The highest BCUT2D eigenvalue weighted by Gasteiger charge is 2.44. The number of benzene rings is 1. The molecule has 22 heavy (non-hydrogen) atoms. The molecule has 3 heterocycles. The van der Waals surface area contributed by atoms with Crippen LogP contribution in [0.15, 0.2) is 24.3 Å². The molecule has 3 aliphatic rings. The van der Waals surface area contributed by atoms with Crippen LogP contribution in [0.3, 0.4) is 0 Å². The number of hydrogen-bond acceptors (Lipinski definition) is 4. The average Bonchev–Trinajstić information content (AvgIpc) is 3.04. The van der Waals surface area contributed by atoms with E-state index >= 15 is 0 Å². The Hall–Kier alpha value is -1.59. The molecule has 5 nitrogen and oxygen atoms in total. The highest BCUT2D eigenvalue weighted by Crippen LogP contribution is 2.36. The maximum Gasteiger partial charge on any atom is 0.250 e. The first-order valence-electron chi connectivity index (χ1n) is 8.24.